The Kier molecular flexibility index (Phi) is 4.08. The molecule has 0 saturated carbocycles. The van der Waals surface area contributed by atoms with Crippen molar-refractivity contribution in [2.24, 2.45) is 5.73 Å². The molecule has 0 aromatic carbocycles. The van der Waals surface area contributed by atoms with Gasteiger partial charge in [-0.3, -0.25) is 9.59 Å². The normalized spacial score (nSPS) is 21.8. The summed E-state index contributed by atoms with van der Waals surface area (Å²) >= 11 is 0. The van der Waals surface area contributed by atoms with Gasteiger partial charge in [0.05, 0.1) is 6.54 Å². The molecule has 1 heterocycles. The highest BCUT2D eigenvalue weighted by Gasteiger charge is 2.30. The molecule has 1 saturated heterocycles. The Bertz CT molecular complexity index is 253. The molecule has 1 aliphatic heterocycles. The lowest BCUT2D eigenvalue weighted by Gasteiger charge is -2.34. The largest absolute Gasteiger partial charge is 0.368 e. The van der Waals surface area contributed by atoms with E-state index in [1.54, 1.807) is 9.80 Å². The summed E-state index contributed by atoms with van der Waals surface area (Å²) < 4.78 is 0. The lowest BCUT2D eigenvalue weighted by Crippen LogP contribution is -2.52. The number of primary amides is 1. The van der Waals surface area contributed by atoms with E-state index in [0.717, 1.165) is 6.42 Å². The van der Waals surface area contributed by atoms with Gasteiger partial charge in [-0.15, -0.1) is 0 Å². The summed E-state index contributed by atoms with van der Waals surface area (Å²) in [6.45, 7) is 0.921. The number of amides is 2. The third-order valence-electron chi connectivity index (χ3n) is 2.44. The van der Waals surface area contributed by atoms with Crippen molar-refractivity contribution < 1.29 is 9.59 Å². The van der Waals surface area contributed by atoms with Crippen LogP contribution in [0.1, 0.15) is 12.8 Å². The van der Waals surface area contributed by atoms with Gasteiger partial charge >= 0.3 is 0 Å². The van der Waals surface area contributed by atoms with E-state index in [0.29, 0.717) is 19.5 Å². The summed E-state index contributed by atoms with van der Waals surface area (Å²) in [4.78, 5) is 26.3. The molecule has 0 aromatic heterocycles. The molecule has 5 nitrogen and oxygen atoms in total. The average molecular weight is 212 g/mol. The SMILES string of the molecule is CN(C)CC(=O)N1CC[CH]CC1C(N)=O. The first kappa shape index (κ1) is 12.0. The number of carbonyl (C=O) groups is 2. The number of carbonyl (C=O) groups excluding carboxylic acids is 2. The van der Waals surface area contributed by atoms with Crippen LogP contribution in [-0.2, 0) is 9.59 Å². The van der Waals surface area contributed by atoms with Gasteiger partial charge in [-0.25, -0.2) is 0 Å². The minimum atomic E-state index is -0.453. The van der Waals surface area contributed by atoms with Crippen LogP contribution >= 0.6 is 0 Å². The Balaban J connectivity index is 2.63. The number of hydrogen-bond acceptors (Lipinski definition) is 3. The summed E-state index contributed by atoms with van der Waals surface area (Å²) in [6, 6.07) is -0.453. The van der Waals surface area contributed by atoms with Gasteiger partial charge in [-0.2, -0.15) is 0 Å². The molecular formula is C10H18N3O2. The zero-order chi connectivity index (χ0) is 11.4. The van der Waals surface area contributed by atoms with Crippen LogP contribution in [0.25, 0.3) is 0 Å². The molecule has 0 aromatic rings. The number of likely N-dealkylation sites (tertiary alicyclic amines) is 1. The second kappa shape index (κ2) is 5.11. The van der Waals surface area contributed by atoms with Crippen LogP contribution in [0.5, 0.6) is 0 Å². The van der Waals surface area contributed by atoms with Crippen molar-refractivity contribution in [1.82, 2.24) is 9.80 Å². The maximum absolute atomic E-state index is 11.8. The van der Waals surface area contributed by atoms with Gasteiger partial charge in [0, 0.05) is 6.54 Å². The van der Waals surface area contributed by atoms with Gasteiger partial charge in [-0.1, -0.05) is 0 Å². The summed E-state index contributed by atoms with van der Waals surface area (Å²) in [5.41, 5.74) is 5.26. The minimum Gasteiger partial charge on any atom is -0.368 e. The summed E-state index contributed by atoms with van der Waals surface area (Å²) in [5, 5.41) is 0. The molecule has 2 amide bonds. The number of nitrogens with two attached hydrogens (primary N) is 1. The van der Waals surface area contributed by atoms with Gasteiger partial charge in [0.25, 0.3) is 0 Å². The van der Waals surface area contributed by atoms with E-state index in [2.05, 4.69) is 0 Å². The summed E-state index contributed by atoms with van der Waals surface area (Å²) in [5.74, 6) is -0.449. The second-order valence-electron chi connectivity index (χ2n) is 4.06. The zero-order valence-electron chi connectivity index (χ0n) is 9.27. The first-order valence-corrected chi connectivity index (χ1v) is 5.07. The molecular weight excluding hydrogens is 194 g/mol. The molecule has 85 valence electrons. The fourth-order valence-corrected chi connectivity index (χ4v) is 1.72. The molecule has 1 radical (unpaired) electrons. The maximum Gasteiger partial charge on any atom is 0.240 e. The second-order valence-corrected chi connectivity index (χ2v) is 4.06. The van der Waals surface area contributed by atoms with E-state index in [-0.39, 0.29) is 5.91 Å². The Morgan fingerprint density at radius 1 is 1.53 bits per heavy atom. The van der Waals surface area contributed by atoms with Crippen molar-refractivity contribution in [3.05, 3.63) is 6.42 Å². The monoisotopic (exact) mass is 212 g/mol. The number of piperidine rings is 1. The Morgan fingerprint density at radius 3 is 2.73 bits per heavy atom. The molecule has 1 aliphatic rings. The first-order valence-electron chi connectivity index (χ1n) is 5.07. The maximum atomic E-state index is 11.8. The fourth-order valence-electron chi connectivity index (χ4n) is 1.72. The van der Waals surface area contributed by atoms with Crippen LogP contribution in [0.2, 0.25) is 0 Å². The topological polar surface area (TPSA) is 66.6 Å². The first-order chi connectivity index (χ1) is 7.02. The number of nitrogens with zero attached hydrogens (tertiary/aromatic N) is 2. The Morgan fingerprint density at radius 2 is 2.20 bits per heavy atom. The van der Waals surface area contributed by atoms with E-state index < -0.39 is 11.9 Å². The highest BCUT2D eigenvalue weighted by atomic mass is 16.2. The molecule has 0 bridgehead atoms. The van der Waals surface area contributed by atoms with E-state index in [4.69, 9.17) is 5.73 Å². The predicted octanol–water partition coefficient (Wildman–Crippen LogP) is -0.771. The Labute approximate surface area is 90.2 Å². The van der Waals surface area contributed by atoms with E-state index in [1.165, 1.54) is 0 Å². The van der Waals surface area contributed by atoms with Crippen molar-refractivity contribution in [2.75, 3.05) is 27.2 Å². The van der Waals surface area contributed by atoms with Crippen LogP contribution in [-0.4, -0.2) is 54.8 Å². The molecule has 0 spiro atoms. The molecule has 0 aliphatic carbocycles. The van der Waals surface area contributed by atoms with Crippen molar-refractivity contribution in [3.63, 3.8) is 0 Å². The number of hydrogen-bond donors (Lipinski definition) is 1. The zero-order valence-corrected chi connectivity index (χ0v) is 9.27. The quantitative estimate of drug-likeness (QED) is 0.668. The molecule has 1 rings (SSSR count). The minimum absolute atomic E-state index is 0.0306. The fraction of sp³-hybridized carbons (Fsp3) is 0.700. The molecule has 1 atom stereocenters. The van der Waals surface area contributed by atoms with E-state index in [9.17, 15) is 9.59 Å². The molecule has 1 unspecified atom stereocenters. The smallest absolute Gasteiger partial charge is 0.240 e. The third kappa shape index (κ3) is 3.20. The van der Waals surface area contributed by atoms with Crippen LogP contribution in [0, 0.1) is 6.42 Å². The van der Waals surface area contributed by atoms with Crippen LogP contribution in [0.15, 0.2) is 0 Å². The van der Waals surface area contributed by atoms with Gasteiger partial charge in [0.1, 0.15) is 6.04 Å². The van der Waals surface area contributed by atoms with Crippen molar-refractivity contribution in [1.29, 1.82) is 0 Å². The number of rotatable bonds is 3. The molecule has 1 fully saturated rings. The predicted molar refractivity (Wildman–Crippen MR) is 56.8 cm³/mol. The van der Waals surface area contributed by atoms with E-state index in [1.807, 2.05) is 20.5 Å². The third-order valence-corrected chi connectivity index (χ3v) is 2.44. The van der Waals surface area contributed by atoms with Crippen LogP contribution in [0.3, 0.4) is 0 Å². The van der Waals surface area contributed by atoms with Gasteiger partial charge < -0.3 is 15.5 Å². The molecule has 5 heteroatoms. The Hall–Kier alpha value is -1.10. The van der Waals surface area contributed by atoms with Gasteiger partial charge in [0.2, 0.25) is 11.8 Å². The van der Waals surface area contributed by atoms with Crippen LogP contribution in [0.4, 0.5) is 0 Å². The molecule has 2 N–H and O–H groups in total. The summed E-state index contributed by atoms with van der Waals surface area (Å²) in [6.07, 6.45) is 3.42. The van der Waals surface area contributed by atoms with Gasteiger partial charge in [0.15, 0.2) is 0 Å². The average Bonchev–Trinajstić information content (AvgIpc) is 2.16. The van der Waals surface area contributed by atoms with Gasteiger partial charge in [-0.05, 0) is 33.4 Å². The highest BCUT2D eigenvalue weighted by molar-refractivity contribution is 5.87. The lowest BCUT2D eigenvalue weighted by atomic mass is 10.0. The van der Waals surface area contributed by atoms with Crippen molar-refractivity contribution in [3.8, 4) is 0 Å². The van der Waals surface area contributed by atoms with Crippen molar-refractivity contribution in [2.45, 2.75) is 18.9 Å². The highest BCUT2D eigenvalue weighted by Crippen LogP contribution is 2.16. The van der Waals surface area contributed by atoms with Crippen LogP contribution < -0.4 is 5.73 Å². The number of likely N-dealkylation sites (N-methyl/N-ethyl adjacent to an activating group) is 1. The lowest BCUT2D eigenvalue weighted by molar-refractivity contribution is -0.140. The summed E-state index contributed by atoms with van der Waals surface area (Å²) in [7, 11) is 3.65. The van der Waals surface area contributed by atoms with Crippen molar-refractivity contribution >= 4 is 11.8 Å². The molecule has 15 heavy (non-hydrogen) atoms. The standard InChI is InChI=1S/C10H18N3O2/c1-12(2)7-9(14)13-6-4-3-5-8(13)10(11)15/h3,8H,4-7H2,1-2H3,(H2,11,15). The van der Waals surface area contributed by atoms with E-state index >= 15 is 0 Å².